The summed E-state index contributed by atoms with van der Waals surface area (Å²) >= 11 is 0. The van der Waals surface area contributed by atoms with Crippen LogP contribution in [0.15, 0.2) is 72.8 Å². The number of nitrogens with one attached hydrogen (secondary N) is 2. The molecule has 0 aromatic heterocycles. The Bertz CT molecular complexity index is 1340. The van der Waals surface area contributed by atoms with Gasteiger partial charge in [0.2, 0.25) is 0 Å². The standard InChI is InChI=1S/C27H21F9N2O2/c28-19-8-6-17(7-9-19)25(15-16-4-2-1-3-5-16,38-23(39)37-24(10-11-24)27(34,35)36)18-12-20(29)14-21(13-18)40-26(32,33)22(30)31/h1-9,12-14,22H,10-11,15H2,(H2,37,38,39). The van der Waals surface area contributed by atoms with E-state index in [2.05, 4.69) is 10.1 Å². The summed E-state index contributed by atoms with van der Waals surface area (Å²) in [5, 5.41) is 4.30. The zero-order chi connectivity index (χ0) is 29.3. The van der Waals surface area contributed by atoms with Gasteiger partial charge in [-0.05, 0) is 53.8 Å². The Morgan fingerprint density at radius 1 is 0.850 bits per heavy atom. The van der Waals surface area contributed by atoms with Crippen LogP contribution in [0.2, 0.25) is 0 Å². The second-order valence-electron chi connectivity index (χ2n) is 9.37. The molecule has 1 saturated carbocycles. The van der Waals surface area contributed by atoms with Gasteiger partial charge in [-0.15, -0.1) is 0 Å². The molecule has 1 aliphatic rings. The van der Waals surface area contributed by atoms with Gasteiger partial charge < -0.3 is 15.4 Å². The summed E-state index contributed by atoms with van der Waals surface area (Å²) in [6, 6.07) is 12.8. The molecule has 13 heteroatoms. The van der Waals surface area contributed by atoms with Crippen molar-refractivity contribution in [3.8, 4) is 5.75 Å². The first-order chi connectivity index (χ1) is 18.7. The number of benzene rings is 3. The largest absolute Gasteiger partial charge is 0.461 e. The summed E-state index contributed by atoms with van der Waals surface area (Å²) in [5.74, 6) is -3.01. The topological polar surface area (TPSA) is 50.4 Å². The van der Waals surface area contributed by atoms with E-state index in [9.17, 15) is 44.3 Å². The van der Waals surface area contributed by atoms with Crippen molar-refractivity contribution >= 4 is 6.03 Å². The van der Waals surface area contributed by atoms with Gasteiger partial charge in [-0.25, -0.2) is 13.6 Å². The molecule has 2 N–H and O–H groups in total. The van der Waals surface area contributed by atoms with Crippen molar-refractivity contribution < 1.29 is 49.0 Å². The molecule has 40 heavy (non-hydrogen) atoms. The number of carbonyl (C=O) groups is 1. The minimum atomic E-state index is -5.01. The summed E-state index contributed by atoms with van der Waals surface area (Å²) in [5.41, 5.74) is -4.43. The van der Waals surface area contributed by atoms with Crippen LogP contribution in [0.5, 0.6) is 5.75 Å². The van der Waals surface area contributed by atoms with Gasteiger partial charge in [-0.3, -0.25) is 0 Å². The lowest BCUT2D eigenvalue weighted by molar-refractivity contribution is -0.253. The Balaban J connectivity index is 1.88. The second kappa shape index (κ2) is 10.6. The summed E-state index contributed by atoms with van der Waals surface area (Å²) < 4.78 is 126. The third kappa shape index (κ3) is 6.13. The van der Waals surface area contributed by atoms with Gasteiger partial charge in [0, 0.05) is 12.5 Å². The number of urea groups is 1. The molecule has 0 aliphatic heterocycles. The molecule has 1 fully saturated rings. The zero-order valence-electron chi connectivity index (χ0n) is 20.3. The molecule has 4 rings (SSSR count). The van der Waals surface area contributed by atoms with Crippen LogP contribution >= 0.6 is 0 Å². The van der Waals surface area contributed by atoms with Crippen molar-refractivity contribution in [3.05, 3.63) is 101 Å². The van der Waals surface area contributed by atoms with Gasteiger partial charge in [-0.2, -0.15) is 30.7 Å². The third-order valence-electron chi connectivity index (χ3n) is 6.49. The molecule has 0 bridgehead atoms. The Morgan fingerprint density at radius 3 is 2.02 bits per heavy atom. The molecule has 0 radical (unpaired) electrons. The highest BCUT2D eigenvalue weighted by atomic mass is 19.4. The number of carbonyl (C=O) groups excluding carboxylic acids is 1. The van der Waals surface area contributed by atoms with Crippen molar-refractivity contribution in [1.82, 2.24) is 10.6 Å². The third-order valence-corrected chi connectivity index (χ3v) is 6.49. The summed E-state index contributed by atoms with van der Waals surface area (Å²) in [4.78, 5) is 13.1. The van der Waals surface area contributed by atoms with E-state index in [1.807, 2.05) is 5.32 Å². The molecule has 1 atom stereocenters. The maximum atomic E-state index is 14.8. The molecule has 214 valence electrons. The van der Waals surface area contributed by atoms with Crippen molar-refractivity contribution in [3.63, 3.8) is 0 Å². The smallest absolute Gasteiger partial charge is 0.428 e. The van der Waals surface area contributed by atoms with Gasteiger partial charge in [0.1, 0.15) is 22.9 Å². The molecule has 4 nitrogen and oxygen atoms in total. The zero-order valence-corrected chi connectivity index (χ0v) is 20.3. The van der Waals surface area contributed by atoms with E-state index in [1.54, 1.807) is 30.3 Å². The van der Waals surface area contributed by atoms with Gasteiger partial charge >= 0.3 is 24.7 Å². The number of halogens is 9. The normalized spacial score (nSPS) is 16.2. The lowest BCUT2D eigenvalue weighted by Gasteiger charge is -2.37. The van der Waals surface area contributed by atoms with Crippen LogP contribution in [0.4, 0.5) is 44.3 Å². The van der Waals surface area contributed by atoms with Crippen LogP contribution in [-0.2, 0) is 12.0 Å². The van der Waals surface area contributed by atoms with E-state index in [1.165, 1.54) is 0 Å². The maximum absolute atomic E-state index is 14.8. The quantitative estimate of drug-likeness (QED) is 0.268. The van der Waals surface area contributed by atoms with Crippen molar-refractivity contribution in [2.75, 3.05) is 0 Å². The number of hydrogen-bond acceptors (Lipinski definition) is 2. The van der Waals surface area contributed by atoms with Crippen molar-refractivity contribution in [1.29, 1.82) is 0 Å². The van der Waals surface area contributed by atoms with Gasteiger partial charge in [-0.1, -0.05) is 42.5 Å². The molecule has 3 aromatic rings. The fourth-order valence-corrected chi connectivity index (χ4v) is 4.31. The SMILES string of the molecule is O=C(NC(Cc1ccccc1)(c1ccc(F)cc1)c1cc(F)cc(OC(F)(F)C(F)F)c1)NC1(C(F)(F)F)CC1. The van der Waals surface area contributed by atoms with Crippen LogP contribution in [0.25, 0.3) is 0 Å². The van der Waals surface area contributed by atoms with E-state index in [-0.39, 0.29) is 17.5 Å². The average molecular weight is 576 g/mol. The van der Waals surface area contributed by atoms with Gasteiger partial charge in [0.25, 0.3) is 0 Å². The fourth-order valence-electron chi connectivity index (χ4n) is 4.31. The number of amides is 2. The van der Waals surface area contributed by atoms with Crippen molar-refractivity contribution in [2.45, 2.75) is 49.1 Å². The number of alkyl halides is 7. The molecular formula is C27H21F9N2O2. The highest BCUT2D eigenvalue weighted by Gasteiger charge is 2.64. The highest BCUT2D eigenvalue weighted by molar-refractivity contribution is 5.78. The van der Waals surface area contributed by atoms with Crippen LogP contribution < -0.4 is 15.4 Å². The van der Waals surface area contributed by atoms with Crippen molar-refractivity contribution in [2.24, 2.45) is 0 Å². The first-order valence-electron chi connectivity index (χ1n) is 11.8. The predicted molar refractivity (Wildman–Crippen MR) is 125 cm³/mol. The minimum Gasteiger partial charge on any atom is -0.428 e. The lowest BCUT2D eigenvalue weighted by atomic mass is 9.77. The summed E-state index contributed by atoms with van der Waals surface area (Å²) in [7, 11) is 0. The van der Waals surface area contributed by atoms with Gasteiger partial charge in [0.15, 0.2) is 0 Å². The first kappa shape index (κ1) is 29.1. The molecule has 3 aromatic carbocycles. The molecule has 0 saturated heterocycles. The van der Waals surface area contributed by atoms with Crippen LogP contribution in [0.3, 0.4) is 0 Å². The maximum Gasteiger partial charge on any atom is 0.461 e. The van der Waals surface area contributed by atoms with Gasteiger partial charge in [0.05, 0.1) is 5.54 Å². The molecular weight excluding hydrogens is 555 g/mol. The molecule has 0 spiro atoms. The monoisotopic (exact) mass is 576 g/mol. The minimum absolute atomic E-state index is 0.0157. The number of hydrogen-bond donors (Lipinski definition) is 2. The van der Waals surface area contributed by atoms with E-state index in [0.717, 1.165) is 36.4 Å². The lowest BCUT2D eigenvalue weighted by Crippen LogP contribution is -2.57. The fraction of sp³-hybridized carbons (Fsp3) is 0.296. The number of rotatable bonds is 9. The molecule has 1 aliphatic carbocycles. The molecule has 0 heterocycles. The van der Waals surface area contributed by atoms with Crippen LogP contribution in [-0.4, -0.2) is 30.3 Å². The Morgan fingerprint density at radius 2 is 1.48 bits per heavy atom. The summed E-state index contributed by atoms with van der Waals surface area (Å²) in [6.45, 7) is 0. The van der Waals surface area contributed by atoms with Crippen LogP contribution in [0, 0.1) is 11.6 Å². The Kier molecular flexibility index (Phi) is 7.70. The van der Waals surface area contributed by atoms with E-state index in [0.29, 0.717) is 11.6 Å². The van der Waals surface area contributed by atoms with E-state index >= 15 is 0 Å². The predicted octanol–water partition coefficient (Wildman–Crippen LogP) is 7.08. The van der Waals surface area contributed by atoms with E-state index in [4.69, 9.17) is 0 Å². The molecule has 2 amide bonds. The Labute approximate surface area is 222 Å². The molecule has 1 unspecified atom stereocenters. The number of ether oxygens (including phenoxy) is 1. The van der Waals surface area contributed by atoms with E-state index < -0.39 is 66.0 Å². The Hall–Kier alpha value is -3.90. The summed E-state index contributed by atoms with van der Waals surface area (Å²) in [6.07, 6.45) is -15.2. The first-order valence-corrected chi connectivity index (χ1v) is 11.8. The second-order valence-corrected chi connectivity index (χ2v) is 9.37. The average Bonchev–Trinajstić information content (AvgIpc) is 3.64. The van der Waals surface area contributed by atoms with Crippen LogP contribution in [0.1, 0.15) is 29.5 Å². The highest BCUT2D eigenvalue weighted by Crippen LogP contribution is 2.49.